The minimum Gasteiger partial charge on any atom is -0.394 e. The predicted molar refractivity (Wildman–Crippen MR) is 79.9 cm³/mol. The average molecular weight is 261 g/mol. The molecule has 0 aliphatic rings. The van der Waals surface area contributed by atoms with Crippen molar-refractivity contribution < 1.29 is 5.11 Å². The Morgan fingerprint density at radius 3 is 2.35 bits per heavy atom. The van der Waals surface area contributed by atoms with Gasteiger partial charge in [-0.1, -0.05) is 26.7 Å². The van der Waals surface area contributed by atoms with Gasteiger partial charge in [-0.15, -0.1) is 0 Å². The summed E-state index contributed by atoms with van der Waals surface area (Å²) < 4.78 is 0. The van der Waals surface area contributed by atoms with Gasteiger partial charge in [0, 0.05) is 5.54 Å². The molecule has 0 amide bonds. The minimum atomic E-state index is -0.0695. The van der Waals surface area contributed by atoms with Gasteiger partial charge in [-0.3, -0.25) is 0 Å². The lowest BCUT2D eigenvalue weighted by atomic mass is 9.97. The van der Waals surface area contributed by atoms with Crippen molar-refractivity contribution >= 4 is 11.8 Å². The highest BCUT2D eigenvalue weighted by Crippen LogP contribution is 2.15. The highest BCUT2D eigenvalue weighted by atomic mass is 32.2. The zero-order chi connectivity index (χ0) is 13.0. The molecular formula is C14H31NOS. The standard InChI is InChI=1S/C14H31NOS/c1-4-6-7-11-17-12-8-9-14(3,13-16)15-10-5-2/h15-16H,4-13H2,1-3H3. The summed E-state index contributed by atoms with van der Waals surface area (Å²) in [5, 5.41) is 12.9. The van der Waals surface area contributed by atoms with Crippen LogP contribution < -0.4 is 5.32 Å². The molecule has 1 atom stereocenters. The fraction of sp³-hybridized carbons (Fsp3) is 1.00. The van der Waals surface area contributed by atoms with Gasteiger partial charge in [0.2, 0.25) is 0 Å². The molecule has 0 saturated heterocycles. The van der Waals surface area contributed by atoms with E-state index in [2.05, 4.69) is 37.8 Å². The van der Waals surface area contributed by atoms with Crippen molar-refractivity contribution in [1.82, 2.24) is 5.32 Å². The summed E-state index contributed by atoms with van der Waals surface area (Å²) in [7, 11) is 0. The van der Waals surface area contributed by atoms with Crippen molar-refractivity contribution in [3.63, 3.8) is 0 Å². The van der Waals surface area contributed by atoms with Crippen LogP contribution in [0.4, 0.5) is 0 Å². The van der Waals surface area contributed by atoms with Crippen LogP contribution in [0.1, 0.15) is 59.3 Å². The van der Waals surface area contributed by atoms with Crippen LogP contribution in [0.2, 0.25) is 0 Å². The van der Waals surface area contributed by atoms with Gasteiger partial charge in [0.15, 0.2) is 0 Å². The van der Waals surface area contributed by atoms with Gasteiger partial charge in [0.1, 0.15) is 0 Å². The third-order valence-corrected chi connectivity index (χ3v) is 4.21. The molecule has 3 heteroatoms. The molecule has 0 bridgehead atoms. The lowest BCUT2D eigenvalue weighted by Crippen LogP contribution is -2.46. The van der Waals surface area contributed by atoms with Crippen LogP contribution in [0.15, 0.2) is 0 Å². The van der Waals surface area contributed by atoms with Crippen LogP contribution in [0, 0.1) is 0 Å². The summed E-state index contributed by atoms with van der Waals surface area (Å²) in [4.78, 5) is 0. The molecule has 0 spiro atoms. The van der Waals surface area contributed by atoms with Crippen LogP contribution in [0.25, 0.3) is 0 Å². The van der Waals surface area contributed by atoms with E-state index < -0.39 is 0 Å². The van der Waals surface area contributed by atoms with Gasteiger partial charge < -0.3 is 10.4 Å². The molecule has 0 heterocycles. The monoisotopic (exact) mass is 261 g/mol. The van der Waals surface area contributed by atoms with Crippen molar-refractivity contribution in [1.29, 1.82) is 0 Å². The van der Waals surface area contributed by atoms with Crippen molar-refractivity contribution in [3.05, 3.63) is 0 Å². The van der Waals surface area contributed by atoms with E-state index in [1.807, 2.05) is 0 Å². The fourth-order valence-corrected chi connectivity index (χ4v) is 2.73. The summed E-state index contributed by atoms with van der Waals surface area (Å²) in [5.74, 6) is 2.53. The maximum absolute atomic E-state index is 9.42. The number of aliphatic hydroxyl groups is 1. The first-order valence-corrected chi connectivity index (χ1v) is 8.27. The first kappa shape index (κ1) is 17.3. The molecule has 0 aliphatic heterocycles. The molecule has 0 fully saturated rings. The largest absolute Gasteiger partial charge is 0.394 e. The molecule has 2 nitrogen and oxygen atoms in total. The summed E-state index contributed by atoms with van der Waals surface area (Å²) in [6, 6.07) is 0. The smallest absolute Gasteiger partial charge is 0.0610 e. The SMILES string of the molecule is CCCCCSCCCC(C)(CO)NCCC. The molecule has 0 radical (unpaired) electrons. The number of rotatable bonds is 12. The number of thioether (sulfide) groups is 1. The van der Waals surface area contributed by atoms with E-state index in [0.717, 1.165) is 19.4 Å². The summed E-state index contributed by atoms with van der Waals surface area (Å²) in [6.07, 6.45) is 7.42. The Balaban J connectivity index is 3.48. The van der Waals surface area contributed by atoms with E-state index >= 15 is 0 Å². The zero-order valence-corrected chi connectivity index (χ0v) is 12.7. The van der Waals surface area contributed by atoms with Crippen molar-refractivity contribution in [2.24, 2.45) is 0 Å². The Morgan fingerprint density at radius 2 is 1.76 bits per heavy atom. The van der Waals surface area contributed by atoms with E-state index in [9.17, 15) is 5.11 Å². The Bertz CT molecular complexity index is 166. The van der Waals surface area contributed by atoms with Gasteiger partial charge >= 0.3 is 0 Å². The molecule has 0 aromatic carbocycles. The van der Waals surface area contributed by atoms with Gasteiger partial charge in [-0.25, -0.2) is 0 Å². The quantitative estimate of drug-likeness (QED) is 0.528. The second-order valence-electron chi connectivity index (χ2n) is 5.07. The van der Waals surface area contributed by atoms with Crippen LogP contribution in [0.5, 0.6) is 0 Å². The van der Waals surface area contributed by atoms with Crippen molar-refractivity contribution in [3.8, 4) is 0 Å². The maximum atomic E-state index is 9.42. The summed E-state index contributed by atoms with van der Waals surface area (Å²) in [5.41, 5.74) is -0.0695. The molecule has 17 heavy (non-hydrogen) atoms. The number of aliphatic hydroxyl groups excluding tert-OH is 1. The number of nitrogens with one attached hydrogen (secondary N) is 1. The predicted octanol–water partition coefficient (Wildman–Crippen LogP) is 3.44. The third-order valence-electron chi connectivity index (χ3n) is 3.06. The lowest BCUT2D eigenvalue weighted by molar-refractivity contribution is 0.165. The molecule has 0 saturated carbocycles. The first-order chi connectivity index (χ1) is 8.18. The second-order valence-corrected chi connectivity index (χ2v) is 6.29. The molecule has 0 rings (SSSR count). The molecule has 0 aromatic rings. The van der Waals surface area contributed by atoms with E-state index in [-0.39, 0.29) is 12.1 Å². The molecule has 0 aliphatic carbocycles. The van der Waals surface area contributed by atoms with Gasteiger partial charge in [0.05, 0.1) is 6.61 Å². The van der Waals surface area contributed by atoms with Crippen LogP contribution in [-0.2, 0) is 0 Å². The highest BCUT2D eigenvalue weighted by Gasteiger charge is 2.21. The van der Waals surface area contributed by atoms with Gasteiger partial charge in [-0.05, 0) is 50.7 Å². The summed E-state index contributed by atoms with van der Waals surface area (Å²) >= 11 is 2.06. The number of hydrogen-bond donors (Lipinski definition) is 2. The Kier molecular flexibility index (Phi) is 11.5. The molecule has 2 N–H and O–H groups in total. The zero-order valence-electron chi connectivity index (χ0n) is 11.9. The Labute approximate surface area is 112 Å². The summed E-state index contributed by atoms with van der Waals surface area (Å²) in [6.45, 7) is 7.78. The van der Waals surface area contributed by atoms with Gasteiger partial charge in [0.25, 0.3) is 0 Å². The third kappa shape index (κ3) is 9.93. The first-order valence-electron chi connectivity index (χ1n) is 7.12. The van der Waals surface area contributed by atoms with Crippen molar-refractivity contribution in [2.45, 2.75) is 64.8 Å². The Morgan fingerprint density at radius 1 is 1.06 bits per heavy atom. The van der Waals surface area contributed by atoms with E-state index in [1.165, 1.54) is 37.2 Å². The molecular weight excluding hydrogens is 230 g/mol. The van der Waals surface area contributed by atoms with E-state index in [4.69, 9.17) is 0 Å². The van der Waals surface area contributed by atoms with Crippen LogP contribution in [0.3, 0.4) is 0 Å². The molecule has 0 aromatic heterocycles. The minimum absolute atomic E-state index is 0.0695. The highest BCUT2D eigenvalue weighted by molar-refractivity contribution is 7.99. The van der Waals surface area contributed by atoms with Crippen LogP contribution >= 0.6 is 11.8 Å². The average Bonchev–Trinajstić information content (AvgIpc) is 2.35. The molecule has 1 unspecified atom stereocenters. The maximum Gasteiger partial charge on any atom is 0.0610 e. The van der Waals surface area contributed by atoms with Crippen LogP contribution in [-0.4, -0.2) is 35.3 Å². The fourth-order valence-electron chi connectivity index (χ4n) is 1.77. The Hall–Kier alpha value is 0.270. The second kappa shape index (κ2) is 11.4. The van der Waals surface area contributed by atoms with E-state index in [0.29, 0.717) is 0 Å². The van der Waals surface area contributed by atoms with Crippen molar-refractivity contribution in [2.75, 3.05) is 24.7 Å². The topological polar surface area (TPSA) is 32.3 Å². The van der Waals surface area contributed by atoms with E-state index in [1.54, 1.807) is 0 Å². The number of hydrogen-bond acceptors (Lipinski definition) is 3. The number of unbranched alkanes of at least 4 members (excludes halogenated alkanes) is 2. The van der Waals surface area contributed by atoms with Gasteiger partial charge in [-0.2, -0.15) is 11.8 Å². The molecule has 104 valence electrons. The normalized spacial score (nSPS) is 14.8. The lowest BCUT2D eigenvalue weighted by Gasteiger charge is -2.28.